The number of ether oxygens (including phenoxy) is 3. The fourth-order valence-electron chi connectivity index (χ4n) is 8.18. The summed E-state index contributed by atoms with van der Waals surface area (Å²) in [6.07, 6.45) is 73.1. The van der Waals surface area contributed by atoms with Crippen molar-refractivity contribution in [2.75, 3.05) is 13.2 Å². The summed E-state index contributed by atoms with van der Waals surface area (Å²) in [6, 6.07) is 0. The fourth-order valence-corrected chi connectivity index (χ4v) is 8.18. The van der Waals surface area contributed by atoms with Gasteiger partial charge < -0.3 is 14.2 Å². The molecule has 0 aliphatic rings. The van der Waals surface area contributed by atoms with E-state index < -0.39 is 6.10 Å². The maximum absolute atomic E-state index is 12.9. The quantitative estimate of drug-likeness (QED) is 0.0262. The van der Waals surface area contributed by atoms with Crippen molar-refractivity contribution in [1.29, 1.82) is 0 Å². The highest BCUT2D eigenvalue weighted by atomic mass is 16.6. The third-order valence-electron chi connectivity index (χ3n) is 12.7. The third kappa shape index (κ3) is 55.6. The predicted molar refractivity (Wildman–Crippen MR) is 298 cm³/mol. The van der Waals surface area contributed by atoms with E-state index in [1.807, 2.05) is 0 Å². The Bertz CT molecular complexity index is 1290. The van der Waals surface area contributed by atoms with Gasteiger partial charge in [-0.1, -0.05) is 229 Å². The molecular weight excluding hydrogens is 853 g/mol. The van der Waals surface area contributed by atoms with Crippen LogP contribution in [0.1, 0.15) is 290 Å². The van der Waals surface area contributed by atoms with Crippen molar-refractivity contribution < 1.29 is 28.6 Å². The van der Waals surface area contributed by atoms with E-state index in [-0.39, 0.29) is 31.1 Å². The van der Waals surface area contributed by atoms with Crippen molar-refractivity contribution in [3.63, 3.8) is 0 Å². The molecule has 398 valence electrons. The lowest BCUT2D eigenvalue weighted by atomic mass is 10.1. The Hall–Kier alpha value is -3.15. The van der Waals surface area contributed by atoms with Gasteiger partial charge in [-0.25, -0.2) is 0 Å². The molecule has 0 aromatic heterocycles. The molecule has 0 amide bonds. The number of carbonyl (C=O) groups excluding carboxylic acids is 3. The fraction of sp³-hybridized carbons (Fsp3) is 0.762. The van der Waals surface area contributed by atoms with Gasteiger partial charge in [0.05, 0.1) is 0 Å². The number of rotatable bonds is 53. The molecule has 0 aliphatic heterocycles. The minimum atomic E-state index is -0.793. The van der Waals surface area contributed by atoms with E-state index in [0.29, 0.717) is 19.3 Å². The first-order valence-corrected chi connectivity index (χ1v) is 29.4. The highest BCUT2D eigenvalue weighted by Gasteiger charge is 2.19. The van der Waals surface area contributed by atoms with Gasteiger partial charge in [-0.3, -0.25) is 14.4 Å². The molecule has 0 rings (SSSR count). The van der Waals surface area contributed by atoms with Crippen LogP contribution >= 0.6 is 0 Å². The van der Waals surface area contributed by atoms with E-state index in [4.69, 9.17) is 14.2 Å². The van der Waals surface area contributed by atoms with Crippen LogP contribution in [0.5, 0.6) is 0 Å². The van der Waals surface area contributed by atoms with Crippen LogP contribution in [-0.2, 0) is 28.6 Å². The summed E-state index contributed by atoms with van der Waals surface area (Å²) >= 11 is 0. The second-order valence-corrected chi connectivity index (χ2v) is 19.5. The Morgan fingerprint density at radius 2 is 0.522 bits per heavy atom. The zero-order valence-electron chi connectivity index (χ0n) is 45.6. The molecule has 6 nitrogen and oxygen atoms in total. The SMILES string of the molecule is CCCCC/C=C\C/C=C\C/C=C\CCCCCCC(=O)OC[C@H](COC(=O)CCCCCCCCCCC/C=C\CCCCCCCC)OC(=O)CCCCCCC/C=C\C/C=C\CCCCC. The maximum Gasteiger partial charge on any atom is 0.306 e. The van der Waals surface area contributed by atoms with Gasteiger partial charge in [-0.15, -0.1) is 0 Å². The van der Waals surface area contributed by atoms with Gasteiger partial charge in [0.15, 0.2) is 6.10 Å². The molecule has 0 saturated carbocycles. The van der Waals surface area contributed by atoms with Gasteiger partial charge in [0.1, 0.15) is 13.2 Å². The summed E-state index contributed by atoms with van der Waals surface area (Å²) in [7, 11) is 0. The van der Waals surface area contributed by atoms with Crippen molar-refractivity contribution >= 4 is 17.9 Å². The van der Waals surface area contributed by atoms with E-state index in [1.54, 1.807) is 0 Å². The summed E-state index contributed by atoms with van der Waals surface area (Å²) in [4.78, 5) is 38.2. The summed E-state index contributed by atoms with van der Waals surface area (Å²) in [6.45, 7) is 6.57. The lowest BCUT2D eigenvalue weighted by Crippen LogP contribution is -2.30. The topological polar surface area (TPSA) is 78.9 Å². The molecule has 0 spiro atoms. The zero-order chi connectivity index (χ0) is 50.0. The summed E-state index contributed by atoms with van der Waals surface area (Å²) in [5.41, 5.74) is 0. The largest absolute Gasteiger partial charge is 0.462 e. The van der Waals surface area contributed by atoms with Crippen molar-refractivity contribution in [1.82, 2.24) is 0 Å². The van der Waals surface area contributed by atoms with Gasteiger partial charge in [-0.05, 0) is 116 Å². The zero-order valence-corrected chi connectivity index (χ0v) is 45.6. The number of allylic oxidation sites excluding steroid dienone is 12. The lowest BCUT2D eigenvalue weighted by Gasteiger charge is -2.18. The minimum absolute atomic E-state index is 0.0889. The second-order valence-electron chi connectivity index (χ2n) is 19.5. The average molecular weight is 964 g/mol. The first-order valence-electron chi connectivity index (χ1n) is 29.4. The first-order chi connectivity index (χ1) is 34.0. The summed E-state index contributed by atoms with van der Waals surface area (Å²) in [5, 5.41) is 0. The van der Waals surface area contributed by atoms with Crippen LogP contribution in [0.15, 0.2) is 72.9 Å². The number of unbranched alkanes of at least 4 members (excludes halogenated alkanes) is 30. The Kier molecular flexibility index (Phi) is 54.8. The molecule has 0 unspecified atom stereocenters. The van der Waals surface area contributed by atoms with Gasteiger partial charge >= 0.3 is 17.9 Å². The monoisotopic (exact) mass is 963 g/mol. The van der Waals surface area contributed by atoms with E-state index in [0.717, 1.165) is 109 Å². The Balaban J connectivity index is 4.42. The van der Waals surface area contributed by atoms with E-state index in [1.165, 1.54) is 141 Å². The molecule has 0 fully saturated rings. The Morgan fingerprint density at radius 3 is 0.855 bits per heavy atom. The Morgan fingerprint density at radius 1 is 0.290 bits per heavy atom. The van der Waals surface area contributed by atoms with Crippen LogP contribution in [0.2, 0.25) is 0 Å². The summed E-state index contributed by atoms with van der Waals surface area (Å²) < 4.78 is 16.9. The molecule has 1 atom stereocenters. The first kappa shape index (κ1) is 65.8. The standard InChI is InChI=1S/C63H110O6/c1-4-7-10-13-16-19-22-25-28-30-31-33-36-38-41-44-47-50-53-56-62(65)68-59-60(69-63(66)57-54-51-48-45-42-39-34-27-24-21-18-15-12-9-6-3)58-67-61(64)55-52-49-46-43-40-37-35-32-29-26-23-20-17-14-11-8-5-2/h17-18,20-21,25-29,34-35,37,60H,4-16,19,22-24,30-33,36,38-59H2,1-3H3/b20-17-,21-18-,28-25-,29-26-,34-27-,37-35-/t60-/m1/s1. The normalized spacial score (nSPS) is 12.6. The number of hydrogen-bond acceptors (Lipinski definition) is 6. The Labute approximate surface area is 427 Å². The van der Waals surface area contributed by atoms with E-state index in [2.05, 4.69) is 93.7 Å². The smallest absolute Gasteiger partial charge is 0.306 e. The van der Waals surface area contributed by atoms with E-state index >= 15 is 0 Å². The van der Waals surface area contributed by atoms with Crippen LogP contribution in [-0.4, -0.2) is 37.2 Å². The van der Waals surface area contributed by atoms with Crippen molar-refractivity contribution in [3.8, 4) is 0 Å². The van der Waals surface area contributed by atoms with Crippen LogP contribution < -0.4 is 0 Å². The van der Waals surface area contributed by atoms with Gasteiger partial charge in [-0.2, -0.15) is 0 Å². The van der Waals surface area contributed by atoms with Gasteiger partial charge in [0.2, 0.25) is 0 Å². The van der Waals surface area contributed by atoms with Gasteiger partial charge in [0, 0.05) is 19.3 Å². The third-order valence-corrected chi connectivity index (χ3v) is 12.7. The van der Waals surface area contributed by atoms with Crippen LogP contribution in [0, 0.1) is 0 Å². The molecule has 69 heavy (non-hydrogen) atoms. The van der Waals surface area contributed by atoms with Crippen molar-refractivity contribution in [3.05, 3.63) is 72.9 Å². The average Bonchev–Trinajstić information content (AvgIpc) is 3.35. The van der Waals surface area contributed by atoms with Crippen molar-refractivity contribution in [2.24, 2.45) is 0 Å². The molecule has 0 aliphatic carbocycles. The molecule has 0 radical (unpaired) electrons. The van der Waals surface area contributed by atoms with Crippen LogP contribution in [0.25, 0.3) is 0 Å². The highest BCUT2D eigenvalue weighted by molar-refractivity contribution is 5.71. The molecule has 0 aromatic carbocycles. The molecule has 0 aromatic rings. The minimum Gasteiger partial charge on any atom is -0.462 e. The number of hydrogen-bond donors (Lipinski definition) is 0. The van der Waals surface area contributed by atoms with Crippen LogP contribution in [0.3, 0.4) is 0 Å². The molecule has 0 heterocycles. The molecule has 0 bridgehead atoms. The van der Waals surface area contributed by atoms with Crippen LogP contribution in [0.4, 0.5) is 0 Å². The summed E-state index contributed by atoms with van der Waals surface area (Å²) in [5.74, 6) is -0.919. The molecule has 0 N–H and O–H groups in total. The molecular formula is C63H110O6. The van der Waals surface area contributed by atoms with Gasteiger partial charge in [0.25, 0.3) is 0 Å². The van der Waals surface area contributed by atoms with Crippen molar-refractivity contribution in [2.45, 2.75) is 297 Å². The maximum atomic E-state index is 12.9. The number of esters is 3. The predicted octanol–water partition coefficient (Wildman–Crippen LogP) is 19.8. The second kappa shape index (κ2) is 57.4. The van der Waals surface area contributed by atoms with E-state index in [9.17, 15) is 14.4 Å². The number of carbonyl (C=O) groups is 3. The molecule has 0 saturated heterocycles. The highest BCUT2D eigenvalue weighted by Crippen LogP contribution is 2.15. The lowest BCUT2D eigenvalue weighted by molar-refractivity contribution is -0.167. The molecule has 6 heteroatoms.